The molecule has 0 saturated carbocycles. The third kappa shape index (κ3) is 1.33. The molecule has 0 radical (unpaired) electrons. The molecule has 0 spiro atoms. The molecular formula is C9H11FN2O. The van der Waals surface area contributed by atoms with Crippen molar-refractivity contribution >= 4 is 5.69 Å². The van der Waals surface area contributed by atoms with Crippen molar-refractivity contribution < 1.29 is 9.50 Å². The molecule has 13 heavy (non-hydrogen) atoms. The number of benzene rings is 1. The summed E-state index contributed by atoms with van der Waals surface area (Å²) in [6.45, 7) is 0.903. The first-order chi connectivity index (χ1) is 6.18. The first-order valence-corrected chi connectivity index (χ1v) is 4.20. The summed E-state index contributed by atoms with van der Waals surface area (Å²) in [7, 11) is 0. The van der Waals surface area contributed by atoms with Crippen molar-refractivity contribution in [3.8, 4) is 5.75 Å². The molecule has 1 atom stereocenters. The van der Waals surface area contributed by atoms with Crippen LogP contribution in [-0.4, -0.2) is 11.7 Å². The second-order valence-corrected chi connectivity index (χ2v) is 3.24. The van der Waals surface area contributed by atoms with Crippen molar-refractivity contribution in [2.45, 2.75) is 12.5 Å². The molecule has 1 saturated heterocycles. The predicted molar refractivity (Wildman–Crippen MR) is 47.8 cm³/mol. The van der Waals surface area contributed by atoms with Crippen LogP contribution in [0.4, 0.5) is 10.1 Å². The first-order valence-electron chi connectivity index (χ1n) is 4.20. The number of aromatic hydroxyl groups is 1. The minimum atomic E-state index is -0.649. The van der Waals surface area contributed by atoms with Gasteiger partial charge in [-0.3, -0.25) is 0 Å². The molecule has 0 aromatic heterocycles. The van der Waals surface area contributed by atoms with Gasteiger partial charge in [0.25, 0.3) is 0 Å². The van der Waals surface area contributed by atoms with E-state index < -0.39 is 5.82 Å². The minimum absolute atomic E-state index is 0.0537. The highest BCUT2D eigenvalue weighted by molar-refractivity contribution is 5.50. The Kier molecular flexibility index (Phi) is 1.84. The Morgan fingerprint density at radius 2 is 2.23 bits per heavy atom. The summed E-state index contributed by atoms with van der Waals surface area (Å²) in [5.74, 6) is -0.935. The summed E-state index contributed by atoms with van der Waals surface area (Å²) in [4.78, 5) is 0. The number of rotatable bonds is 1. The van der Waals surface area contributed by atoms with Gasteiger partial charge in [0.15, 0.2) is 11.6 Å². The van der Waals surface area contributed by atoms with Gasteiger partial charge >= 0.3 is 0 Å². The fourth-order valence-corrected chi connectivity index (χ4v) is 1.46. The molecule has 4 N–H and O–H groups in total. The predicted octanol–water partition coefficient (Wildman–Crippen LogP) is 1.15. The number of nitrogens with one attached hydrogen (secondary N) is 1. The molecule has 0 bridgehead atoms. The van der Waals surface area contributed by atoms with Crippen LogP contribution in [0.5, 0.6) is 5.75 Å². The van der Waals surface area contributed by atoms with Crippen LogP contribution in [0.15, 0.2) is 12.1 Å². The normalized spacial score (nSPS) is 21.2. The number of nitrogen functional groups attached to an aromatic ring is 1. The van der Waals surface area contributed by atoms with Gasteiger partial charge in [0.1, 0.15) is 0 Å². The summed E-state index contributed by atoms with van der Waals surface area (Å²) in [5.41, 5.74) is 6.37. The van der Waals surface area contributed by atoms with Crippen LogP contribution < -0.4 is 11.1 Å². The monoisotopic (exact) mass is 182 g/mol. The molecule has 1 aliphatic rings. The Hall–Kier alpha value is -1.29. The summed E-state index contributed by atoms with van der Waals surface area (Å²) in [5, 5.41) is 12.5. The maximum Gasteiger partial charge on any atom is 0.167 e. The van der Waals surface area contributed by atoms with Crippen molar-refractivity contribution in [1.82, 2.24) is 5.32 Å². The van der Waals surface area contributed by atoms with Crippen LogP contribution in [0.2, 0.25) is 0 Å². The van der Waals surface area contributed by atoms with E-state index in [-0.39, 0.29) is 11.8 Å². The number of hydrogen-bond donors (Lipinski definition) is 3. The third-order valence-corrected chi connectivity index (χ3v) is 2.31. The van der Waals surface area contributed by atoms with Gasteiger partial charge in [-0.15, -0.1) is 0 Å². The van der Waals surface area contributed by atoms with E-state index >= 15 is 0 Å². The molecule has 0 amide bonds. The average molecular weight is 182 g/mol. The van der Waals surface area contributed by atoms with Crippen molar-refractivity contribution in [1.29, 1.82) is 0 Å². The van der Waals surface area contributed by atoms with Gasteiger partial charge in [-0.25, -0.2) is 4.39 Å². The van der Waals surface area contributed by atoms with E-state index in [2.05, 4.69) is 5.32 Å². The lowest BCUT2D eigenvalue weighted by atomic mass is 9.96. The molecule has 1 aromatic rings. The van der Waals surface area contributed by atoms with Crippen LogP contribution >= 0.6 is 0 Å². The van der Waals surface area contributed by atoms with E-state index in [1.54, 1.807) is 6.07 Å². The smallest absolute Gasteiger partial charge is 0.167 e. The van der Waals surface area contributed by atoms with E-state index in [9.17, 15) is 9.50 Å². The lowest BCUT2D eigenvalue weighted by Gasteiger charge is -2.28. The Bertz CT molecular complexity index is 337. The SMILES string of the molecule is Nc1cc(F)c(O)c([C@@H]2CCN2)c1. The van der Waals surface area contributed by atoms with Gasteiger partial charge in [-0.05, 0) is 19.0 Å². The van der Waals surface area contributed by atoms with E-state index in [4.69, 9.17) is 5.73 Å². The number of phenols is 1. The number of anilines is 1. The zero-order chi connectivity index (χ0) is 9.42. The van der Waals surface area contributed by atoms with Gasteiger partial charge in [0.2, 0.25) is 0 Å². The van der Waals surface area contributed by atoms with E-state index in [0.29, 0.717) is 11.3 Å². The molecule has 0 aliphatic carbocycles. The second kappa shape index (κ2) is 2.88. The van der Waals surface area contributed by atoms with Crippen molar-refractivity contribution in [3.05, 3.63) is 23.5 Å². The fourth-order valence-electron chi connectivity index (χ4n) is 1.46. The van der Waals surface area contributed by atoms with Crippen molar-refractivity contribution in [3.63, 3.8) is 0 Å². The van der Waals surface area contributed by atoms with Crippen LogP contribution in [0.25, 0.3) is 0 Å². The standard InChI is InChI=1S/C9H11FN2O/c10-7-4-5(11)3-6(9(7)13)8-1-2-12-8/h3-4,8,12-13H,1-2,11H2/t8-/m0/s1. The fraction of sp³-hybridized carbons (Fsp3) is 0.333. The maximum absolute atomic E-state index is 13.0. The molecule has 70 valence electrons. The number of hydrogen-bond acceptors (Lipinski definition) is 3. The van der Waals surface area contributed by atoms with E-state index in [1.807, 2.05) is 0 Å². The van der Waals surface area contributed by atoms with Gasteiger partial charge < -0.3 is 16.2 Å². The molecular weight excluding hydrogens is 171 g/mol. The average Bonchev–Trinajstić information content (AvgIpc) is 1.95. The van der Waals surface area contributed by atoms with Gasteiger partial charge in [-0.1, -0.05) is 0 Å². The van der Waals surface area contributed by atoms with Crippen LogP contribution in [0.3, 0.4) is 0 Å². The number of halogens is 1. The highest BCUT2D eigenvalue weighted by atomic mass is 19.1. The Morgan fingerprint density at radius 3 is 2.77 bits per heavy atom. The molecule has 1 heterocycles. The largest absolute Gasteiger partial charge is 0.505 e. The zero-order valence-corrected chi connectivity index (χ0v) is 7.05. The summed E-state index contributed by atoms with van der Waals surface area (Å²) in [6.07, 6.45) is 0.913. The van der Waals surface area contributed by atoms with Gasteiger partial charge in [-0.2, -0.15) is 0 Å². The van der Waals surface area contributed by atoms with E-state index in [0.717, 1.165) is 19.0 Å². The Morgan fingerprint density at radius 1 is 1.54 bits per heavy atom. The number of nitrogens with two attached hydrogens (primary N) is 1. The highest BCUT2D eigenvalue weighted by Gasteiger charge is 2.23. The molecule has 0 unspecified atom stereocenters. The summed E-state index contributed by atoms with van der Waals surface area (Å²) >= 11 is 0. The van der Waals surface area contributed by atoms with Crippen LogP contribution in [-0.2, 0) is 0 Å². The number of phenolic OH excluding ortho intramolecular Hbond substituents is 1. The Balaban J connectivity index is 2.42. The van der Waals surface area contributed by atoms with Crippen molar-refractivity contribution in [2.75, 3.05) is 12.3 Å². The minimum Gasteiger partial charge on any atom is -0.505 e. The Labute approximate surface area is 75.4 Å². The van der Waals surface area contributed by atoms with Crippen LogP contribution in [0, 0.1) is 5.82 Å². The summed E-state index contributed by atoms with van der Waals surface area (Å²) < 4.78 is 13.0. The molecule has 1 fully saturated rings. The second-order valence-electron chi connectivity index (χ2n) is 3.24. The van der Waals surface area contributed by atoms with Gasteiger partial charge in [0.05, 0.1) is 0 Å². The molecule has 4 heteroatoms. The quantitative estimate of drug-likeness (QED) is 0.451. The molecule has 2 rings (SSSR count). The first kappa shape index (κ1) is 8.31. The molecule has 1 aliphatic heterocycles. The zero-order valence-electron chi connectivity index (χ0n) is 7.05. The maximum atomic E-state index is 13.0. The highest BCUT2D eigenvalue weighted by Crippen LogP contribution is 2.33. The summed E-state index contributed by atoms with van der Waals surface area (Å²) in [6, 6.07) is 2.78. The van der Waals surface area contributed by atoms with Crippen LogP contribution in [0.1, 0.15) is 18.0 Å². The van der Waals surface area contributed by atoms with E-state index in [1.165, 1.54) is 0 Å². The van der Waals surface area contributed by atoms with Gasteiger partial charge in [0, 0.05) is 23.4 Å². The van der Waals surface area contributed by atoms with Crippen molar-refractivity contribution in [2.24, 2.45) is 0 Å². The molecule has 3 nitrogen and oxygen atoms in total. The lowest BCUT2D eigenvalue weighted by molar-refractivity contribution is 0.355. The topological polar surface area (TPSA) is 58.3 Å². The third-order valence-electron chi connectivity index (χ3n) is 2.31. The molecule has 1 aromatic carbocycles. The lowest BCUT2D eigenvalue weighted by Crippen LogP contribution is -2.35.